The number of furan rings is 1. The minimum Gasteiger partial charge on any atom is -0.481 e. The van der Waals surface area contributed by atoms with Crippen LogP contribution in [0.15, 0.2) is 56.3 Å². The van der Waals surface area contributed by atoms with Crippen LogP contribution in [0.4, 0.5) is 0 Å². The number of hydrogen-bond acceptors (Lipinski definition) is 6. The van der Waals surface area contributed by atoms with Gasteiger partial charge in [-0.15, -0.1) is 0 Å². The molecule has 0 saturated heterocycles. The summed E-state index contributed by atoms with van der Waals surface area (Å²) in [5, 5.41) is 3.93. The zero-order valence-electron chi connectivity index (χ0n) is 15.3. The van der Waals surface area contributed by atoms with E-state index in [0.717, 1.165) is 10.9 Å². The SMILES string of the molecule is Cc1cc(=O)oc2cc(O[C@@H](C)C(=O)NNC(=S)NCc3ccco3)ccc12. The molecular weight excluding hydrogens is 382 g/mol. The first-order chi connectivity index (χ1) is 13.4. The molecule has 3 N–H and O–H groups in total. The number of carbonyl (C=O) groups is 1. The van der Waals surface area contributed by atoms with Crippen LogP contribution in [0, 0.1) is 6.92 Å². The first kappa shape index (κ1) is 19.4. The second-order valence-electron chi connectivity index (χ2n) is 6.04. The standard InChI is InChI=1S/C19H19N3O5S/c1-11-8-17(23)27-16-9-13(5-6-15(11)16)26-12(2)18(24)21-22-19(28)20-10-14-4-3-7-25-14/h3-9,12H,10H2,1-2H3,(H,21,24)(H2,20,22,28)/t12-/m0/s1. The molecule has 0 aliphatic carbocycles. The van der Waals surface area contributed by atoms with E-state index < -0.39 is 17.6 Å². The van der Waals surface area contributed by atoms with Crippen molar-refractivity contribution in [2.45, 2.75) is 26.5 Å². The molecule has 8 nitrogen and oxygen atoms in total. The minimum atomic E-state index is -0.811. The molecule has 0 unspecified atom stereocenters. The van der Waals surface area contributed by atoms with Gasteiger partial charge in [0.1, 0.15) is 17.1 Å². The number of benzene rings is 1. The molecule has 0 spiro atoms. The number of amides is 1. The third kappa shape index (κ3) is 4.89. The van der Waals surface area contributed by atoms with Gasteiger partial charge in [-0.05, 0) is 55.9 Å². The van der Waals surface area contributed by atoms with Crippen molar-refractivity contribution in [2.24, 2.45) is 0 Å². The predicted molar refractivity (Wildman–Crippen MR) is 107 cm³/mol. The predicted octanol–water partition coefficient (Wildman–Crippen LogP) is 2.16. The van der Waals surface area contributed by atoms with Gasteiger partial charge in [0.15, 0.2) is 11.2 Å². The molecule has 0 aliphatic rings. The lowest BCUT2D eigenvalue weighted by Crippen LogP contribution is -2.50. The maximum Gasteiger partial charge on any atom is 0.336 e. The average molecular weight is 401 g/mol. The van der Waals surface area contributed by atoms with Crippen molar-refractivity contribution in [3.05, 3.63) is 64.4 Å². The largest absolute Gasteiger partial charge is 0.481 e. The molecule has 1 amide bonds. The van der Waals surface area contributed by atoms with E-state index in [1.54, 1.807) is 43.5 Å². The highest BCUT2D eigenvalue weighted by atomic mass is 32.1. The van der Waals surface area contributed by atoms with Crippen LogP contribution < -0.4 is 26.5 Å². The van der Waals surface area contributed by atoms with Crippen molar-refractivity contribution in [3.63, 3.8) is 0 Å². The molecule has 3 rings (SSSR count). The van der Waals surface area contributed by atoms with Gasteiger partial charge in [0, 0.05) is 17.5 Å². The number of hydrogen-bond donors (Lipinski definition) is 3. The van der Waals surface area contributed by atoms with Gasteiger partial charge in [0.2, 0.25) is 0 Å². The highest BCUT2D eigenvalue weighted by Crippen LogP contribution is 2.22. The van der Waals surface area contributed by atoms with E-state index in [0.29, 0.717) is 23.6 Å². The van der Waals surface area contributed by atoms with Crippen LogP contribution >= 0.6 is 12.2 Å². The summed E-state index contributed by atoms with van der Waals surface area (Å²) in [6.45, 7) is 3.81. The van der Waals surface area contributed by atoms with E-state index in [1.165, 1.54) is 6.07 Å². The van der Waals surface area contributed by atoms with Crippen molar-refractivity contribution in [2.75, 3.05) is 0 Å². The van der Waals surface area contributed by atoms with E-state index >= 15 is 0 Å². The minimum absolute atomic E-state index is 0.236. The topological polar surface area (TPSA) is 106 Å². The number of nitrogens with one attached hydrogen (secondary N) is 3. The lowest BCUT2D eigenvalue weighted by atomic mass is 10.1. The first-order valence-electron chi connectivity index (χ1n) is 8.49. The smallest absolute Gasteiger partial charge is 0.336 e. The van der Waals surface area contributed by atoms with Crippen LogP contribution in [0.5, 0.6) is 5.75 Å². The van der Waals surface area contributed by atoms with Gasteiger partial charge in [-0.3, -0.25) is 15.6 Å². The molecule has 1 atom stereocenters. The number of hydrazine groups is 1. The number of ether oxygens (including phenoxy) is 1. The summed E-state index contributed by atoms with van der Waals surface area (Å²) in [5.41, 5.74) is 5.83. The molecule has 0 radical (unpaired) electrons. The molecule has 0 aliphatic heterocycles. The van der Waals surface area contributed by atoms with Gasteiger partial charge >= 0.3 is 5.63 Å². The Balaban J connectivity index is 1.53. The van der Waals surface area contributed by atoms with Gasteiger partial charge in [0.05, 0.1) is 12.8 Å². The van der Waals surface area contributed by atoms with Crippen molar-refractivity contribution in [1.29, 1.82) is 0 Å². The van der Waals surface area contributed by atoms with Crippen LogP contribution in [0.25, 0.3) is 11.0 Å². The van der Waals surface area contributed by atoms with Gasteiger partial charge in [-0.25, -0.2) is 4.79 Å². The van der Waals surface area contributed by atoms with E-state index in [-0.39, 0.29) is 5.11 Å². The van der Waals surface area contributed by atoms with Crippen LogP contribution in [0.1, 0.15) is 18.2 Å². The van der Waals surface area contributed by atoms with Crippen molar-refractivity contribution < 1.29 is 18.4 Å². The Bertz CT molecular complexity index is 1050. The van der Waals surface area contributed by atoms with E-state index in [2.05, 4.69) is 16.2 Å². The third-order valence-electron chi connectivity index (χ3n) is 3.91. The molecule has 2 heterocycles. The zero-order valence-corrected chi connectivity index (χ0v) is 16.1. The van der Waals surface area contributed by atoms with Crippen molar-refractivity contribution >= 4 is 34.2 Å². The summed E-state index contributed by atoms with van der Waals surface area (Å²) < 4.78 is 16.0. The van der Waals surface area contributed by atoms with Gasteiger partial charge in [-0.1, -0.05) is 0 Å². The second-order valence-corrected chi connectivity index (χ2v) is 6.45. The molecule has 9 heteroatoms. The Morgan fingerprint density at radius 3 is 2.82 bits per heavy atom. The number of fused-ring (bicyclic) bond motifs is 1. The molecule has 0 fully saturated rings. The highest BCUT2D eigenvalue weighted by molar-refractivity contribution is 7.80. The molecule has 1 aromatic carbocycles. The molecule has 0 saturated carbocycles. The van der Waals surface area contributed by atoms with Crippen LogP contribution in [-0.4, -0.2) is 17.1 Å². The van der Waals surface area contributed by atoms with E-state index in [1.807, 2.05) is 6.92 Å². The Morgan fingerprint density at radius 1 is 1.25 bits per heavy atom. The maximum atomic E-state index is 12.2. The van der Waals surface area contributed by atoms with Crippen molar-refractivity contribution in [1.82, 2.24) is 16.2 Å². The number of carbonyl (C=O) groups excluding carboxylic acids is 1. The van der Waals surface area contributed by atoms with Gasteiger partial charge in [0.25, 0.3) is 5.91 Å². The number of thiocarbonyl (C=S) groups is 1. The Kier molecular flexibility index (Phi) is 5.95. The maximum absolute atomic E-state index is 12.2. The molecule has 146 valence electrons. The fraction of sp³-hybridized carbons (Fsp3) is 0.211. The summed E-state index contributed by atoms with van der Waals surface area (Å²) in [7, 11) is 0. The van der Waals surface area contributed by atoms with Crippen LogP contribution in [-0.2, 0) is 11.3 Å². The monoisotopic (exact) mass is 401 g/mol. The summed E-state index contributed by atoms with van der Waals surface area (Å²) in [6.07, 6.45) is 0.752. The lowest BCUT2D eigenvalue weighted by molar-refractivity contribution is -0.127. The fourth-order valence-electron chi connectivity index (χ4n) is 2.48. The summed E-state index contributed by atoms with van der Waals surface area (Å²) in [5.74, 6) is 0.695. The number of aryl methyl sites for hydroxylation is 1. The normalized spacial score (nSPS) is 11.6. The number of rotatable bonds is 5. The van der Waals surface area contributed by atoms with E-state index in [4.69, 9.17) is 25.8 Å². The summed E-state index contributed by atoms with van der Waals surface area (Å²) >= 11 is 5.08. The van der Waals surface area contributed by atoms with Gasteiger partial charge < -0.3 is 18.9 Å². The second kappa shape index (κ2) is 8.57. The highest BCUT2D eigenvalue weighted by Gasteiger charge is 2.15. The summed E-state index contributed by atoms with van der Waals surface area (Å²) in [6, 6.07) is 10.1. The zero-order chi connectivity index (χ0) is 20.1. The quantitative estimate of drug-likeness (QED) is 0.339. The average Bonchev–Trinajstić information content (AvgIpc) is 3.17. The molecular formula is C19H19N3O5S. The molecule has 2 aromatic heterocycles. The molecule has 0 bridgehead atoms. The van der Waals surface area contributed by atoms with Crippen LogP contribution in [0.3, 0.4) is 0 Å². The molecule has 3 aromatic rings. The van der Waals surface area contributed by atoms with Gasteiger partial charge in [-0.2, -0.15) is 0 Å². The Morgan fingerprint density at radius 2 is 2.07 bits per heavy atom. The third-order valence-corrected chi connectivity index (χ3v) is 4.15. The van der Waals surface area contributed by atoms with Crippen molar-refractivity contribution in [3.8, 4) is 5.75 Å². The summed E-state index contributed by atoms with van der Waals surface area (Å²) in [4.78, 5) is 23.7. The first-order valence-corrected chi connectivity index (χ1v) is 8.90. The van der Waals surface area contributed by atoms with Crippen LogP contribution in [0.2, 0.25) is 0 Å². The van der Waals surface area contributed by atoms with E-state index in [9.17, 15) is 9.59 Å². The molecule has 28 heavy (non-hydrogen) atoms. The fourth-order valence-corrected chi connectivity index (χ4v) is 2.60. The Hall–Kier alpha value is -3.33. The Labute approximate surface area is 165 Å². The lowest BCUT2D eigenvalue weighted by Gasteiger charge is -2.16.